The van der Waals surface area contributed by atoms with Gasteiger partial charge in [-0.05, 0) is 40.8 Å². The average Bonchev–Trinajstić information content (AvgIpc) is 2.25. The highest BCUT2D eigenvalue weighted by atomic mass is 127. The highest BCUT2D eigenvalue weighted by molar-refractivity contribution is 14.1. The second-order valence-electron chi connectivity index (χ2n) is 2.94. The summed E-state index contributed by atoms with van der Waals surface area (Å²) in [4.78, 5) is 8.03. The van der Waals surface area contributed by atoms with E-state index < -0.39 is 0 Å². The lowest BCUT2D eigenvalue weighted by molar-refractivity contribution is 1.20. The SMILES string of the molecule is Clc1ccc(Nc2nccnc2Cl)c(I)c1. The molecule has 0 radical (unpaired) electrons. The van der Waals surface area contributed by atoms with Crippen LogP contribution in [0.3, 0.4) is 0 Å². The van der Waals surface area contributed by atoms with E-state index in [9.17, 15) is 0 Å². The predicted molar refractivity (Wildman–Crippen MR) is 74.5 cm³/mol. The molecule has 0 aliphatic heterocycles. The van der Waals surface area contributed by atoms with Gasteiger partial charge in [-0.25, -0.2) is 9.97 Å². The van der Waals surface area contributed by atoms with Gasteiger partial charge in [-0.1, -0.05) is 23.2 Å². The smallest absolute Gasteiger partial charge is 0.171 e. The normalized spacial score (nSPS) is 10.2. The first-order chi connectivity index (χ1) is 7.66. The molecule has 0 aliphatic rings. The molecule has 0 atom stereocenters. The largest absolute Gasteiger partial charge is 0.337 e. The third-order valence-corrected chi connectivity index (χ3v) is 3.24. The van der Waals surface area contributed by atoms with Gasteiger partial charge in [0.25, 0.3) is 0 Å². The molecule has 2 aromatic rings. The summed E-state index contributed by atoms with van der Waals surface area (Å²) in [6.07, 6.45) is 3.12. The van der Waals surface area contributed by atoms with Crippen LogP contribution in [0.5, 0.6) is 0 Å². The maximum Gasteiger partial charge on any atom is 0.171 e. The van der Waals surface area contributed by atoms with Gasteiger partial charge in [0.1, 0.15) is 0 Å². The number of rotatable bonds is 2. The van der Waals surface area contributed by atoms with Crippen molar-refractivity contribution in [1.29, 1.82) is 0 Å². The summed E-state index contributed by atoms with van der Waals surface area (Å²) < 4.78 is 0.992. The zero-order valence-electron chi connectivity index (χ0n) is 7.92. The highest BCUT2D eigenvalue weighted by Gasteiger charge is 2.05. The minimum Gasteiger partial charge on any atom is -0.337 e. The van der Waals surface area contributed by atoms with Crippen molar-refractivity contribution in [2.45, 2.75) is 0 Å². The third kappa shape index (κ3) is 2.75. The molecule has 0 unspecified atom stereocenters. The molecule has 6 heteroatoms. The maximum absolute atomic E-state index is 5.89. The van der Waals surface area contributed by atoms with Crippen molar-refractivity contribution in [3.63, 3.8) is 0 Å². The van der Waals surface area contributed by atoms with Crippen LogP contribution in [-0.4, -0.2) is 9.97 Å². The third-order valence-electron chi connectivity index (χ3n) is 1.84. The zero-order chi connectivity index (χ0) is 11.5. The fraction of sp³-hybridized carbons (Fsp3) is 0. The van der Waals surface area contributed by atoms with Gasteiger partial charge in [0.05, 0.1) is 5.69 Å². The van der Waals surface area contributed by atoms with E-state index in [4.69, 9.17) is 23.2 Å². The van der Waals surface area contributed by atoms with E-state index in [1.807, 2.05) is 12.1 Å². The molecule has 0 spiro atoms. The molecular formula is C10H6Cl2IN3. The van der Waals surface area contributed by atoms with Crippen LogP contribution in [0.1, 0.15) is 0 Å². The molecule has 1 aromatic heterocycles. The lowest BCUT2D eigenvalue weighted by Gasteiger charge is -2.08. The molecule has 0 saturated carbocycles. The van der Waals surface area contributed by atoms with E-state index in [-0.39, 0.29) is 0 Å². The molecular weight excluding hydrogens is 360 g/mol. The summed E-state index contributed by atoms with van der Waals surface area (Å²) in [5.74, 6) is 0.532. The van der Waals surface area contributed by atoms with E-state index in [0.717, 1.165) is 9.26 Å². The van der Waals surface area contributed by atoms with Crippen LogP contribution in [0, 0.1) is 3.57 Å². The van der Waals surface area contributed by atoms with Crippen LogP contribution < -0.4 is 5.32 Å². The Morgan fingerprint density at radius 1 is 1.12 bits per heavy atom. The number of halogens is 3. The van der Waals surface area contributed by atoms with Crippen molar-refractivity contribution in [3.8, 4) is 0 Å². The lowest BCUT2D eigenvalue weighted by Crippen LogP contribution is -1.97. The number of nitrogens with zero attached hydrogens (tertiary/aromatic N) is 2. The highest BCUT2D eigenvalue weighted by Crippen LogP contribution is 2.26. The van der Waals surface area contributed by atoms with Crippen LogP contribution in [0.25, 0.3) is 0 Å². The van der Waals surface area contributed by atoms with Crippen LogP contribution in [0.4, 0.5) is 11.5 Å². The van der Waals surface area contributed by atoms with Gasteiger partial charge in [-0.2, -0.15) is 0 Å². The number of benzene rings is 1. The van der Waals surface area contributed by atoms with Crippen molar-refractivity contribution in [2.75, 3.05) is 5.32 Å². The summed E-state index contributed by atoms with van der Waals surface area (Å²) in [5, 5.41) is 4.13. The Bertz CT molecular complexity index is 519. The Morgan fingerprint density at radius 2 is 1.88 bits per heavy atom. The average molecular weight is 366 g/mol. The second kappa shape index (κ2) is 5.16. The standard InChI is InChI=1S/C10H6Cl2IN3/c11-6-1-2-8(7(13)5-6)16-10-9(12)14-3-4-15-10/h1-5H,(H,15,16). The molecule has 0 bridgehead atoms. The van der Waals surface area contributed by atoms with E-state index in [1.165, 1.54) is 0 Å². The lowest BCUT2D eigenvalue weighted by atomic mass is 10.3. The van der Waals surface area contributed by atoms with Crippen molar-refractivity contribution in [2.24, 2.45) is 0 Å². The number of hydrogen-bond donors (Lipinski definition) is 1. The Kier molecular flexibility index (Phi) is 3.83. The van der Waals surface area contributed by atoms with Gasteiger partial charge in [0.15, 0.2) is 11.0 Å². The fourth-order valence-electron chi connectivity index (χ4n) is 1.12. The predicted octanol–water partition coefficient (Wildman–Crippen LogP) is 4.13. The zero-order valence-corrected chi connectivity index (χ0v) is 11.6. The summed E-state index contributed by atoms with van der Waals surface area (Å²) >= 11 is 13.9. The monoisotopic (exact) mass is 365 g/mol. The topological polar surface area (TPSA) is 37.8 Å². The number of anilines is 2. The van der Waals surface area contributed by atoms with Crippen LogP contribution in [-0.2, 0) is 0 Å². The minimum atomic E-state index is 0.341. The molecule has 0 fully saturated rings. The van der Waals surface area contributed by atoms with Gasteiger partial charge < -0.3 is 5.32 Å². The van der Waals surface area contributed by atoms with E-state index >= 15 is 0 Å². The number of aromatic nitrogens is 2. The Morgan fingerprint density at radius 3 is 2.56 bits per heavy atom. The van der Waals surface area contributed by atoms with E-state index in [1.54, 1.807) is 18.5 Å². The fourth-order valence-corrected chi connectivity index (χ4v) is 2.28. The quantitative estimate of drug-likeness (QED) is 0.813. The van der Waals surface area contributed by atoms with Crippen LogP contribution in [0.2, 0.25) is 10.2 Å². The summed E-state index contributed by atoms with van der Waals surface area (Å²) in [5.41, 5.74) is 0.896. The minimum absolute atomic E-state index is 0.341. The van der Waals surface area contributed by atoms with Crippen molar-refractivity contribution >= 4 is 57.3 Å². The molecule has 2 rings (SSSR count). The summed E-state index contributed by atoms with van der Waals surface area (Å²) in [6.45, 7) is 0. The van der Waals surface area contributed by atoms with Crippen molar-refractivity contribution < 1.29 is 0 Å². The van der Waals surface area contributed by atoms with Crippen molar-refractivity contribution in [1.82, 2.24) is 9.97 Å². The molecule has 3 nitrogen and oxygen atoms in total. The van der Waals surface area contributed by atoms with Crippen LogP contribution >= 0.6 is 45.8 Å². The van der Waals surface area contributed by atoms with Crippen molar-refractivity contribution in [3.05, 3.63) is 44.3 Å². The van der Waals surface area contributed by atoms with Gasteiger partial charge in [-0.15, -0.1) is 0 Å². The summed E-state index contributed by atoms with van der Waals surface area (Å²) in [7, 11) is 0. The van der Waals surface area contributed by atoms with E-state index in [2.05, 4.69) is 37.9 Å². The molecule has 0 saturated heterocycles. The maximum atomic E-state index is 5.89. The Balaban J connectivity index is 2.31. The molecule has 16 heavy (non-hydrogen) atoms. The number of nitrogens with one attached hydrogen (secondary N) is 1. The first kappa shape index (κ1) is 11.9. The Hall–Kier alpha value is -0.590. The number of hydrogen-bond acceptors (Lipinski definition) is 3. The van der Waals surface area contributed by atoms with Gasteiger partial charge in [0, 0.05) is 21.0 Å². The van der Waals surface area contributed by atoms with Gasteiger partial charge in [0.2, 0.25) is 0 Å². The molecule has 1 N–H and O–H groups in total. The van der Waals surface area contributed by atoms with Crippen LogP contribution in [0.15, 0.2) is 30.6 Å². The molecule has 0 aliphatic carbocycles. The van der Waals surface area contributed by atoms with Gasteiger partial charge >= 0.3 is 0 Å². The summed E-state index contributed by atoms with van der Waals surface area (Å²) in [6, 6.07) is 5.53. The first-order valence-electron chi connectivity index (χ1n) is 4.35. The van der Waals surface area contributed by atoms with Gasteiger partial charge in [-0.3, -0.25) is 0 Å². The first-order valence-corrected chi connectivity index (χ1v) is 6.19. The van der Waals surface area contributed by atoms with E-state index in [0.29, 0.717) is 16.0 Å². The molecule has 1 aromatic carbocycles. The molecule has 82 valence electrons. The molecule has 1 heterocycles. The molecule has 0 amide bonds. The Labute approximate surface area is 116 Å². The second-order valence-corrected chi connectivity index (χ2v) is 4.90.